The molecule has 7 nitrogen and oxygen atoms in total. The fourth-order valence-electron chi connectivity index (χ4n) is 5.30. The van der Waals surface area contributed by atoms with Crippen molar-refractivity contribution in [3.8, 4) is 28.3 Å². The number of carbonyl (C=O) groups excluding carboxylic acids is 2. The van der Waals surface area contributed by atoms with Gasteiger partial charge in [0.15, 0.2) is 0 Å². The summed E-state index contributed by atoms with van der Waals surface area (Å²) >= 11 is 8.54. The van der Waals surface area contributed by atoms with Crippen LogP contribution in [-0.4, -0.2) is 60.6 Å². The molecule has 1 aromatic heterocycles. The average Bonchev–Trinajstić information content (AvgIpc) is 3.12. The summed E-state index contributed by atoms with van der Waals surface area (Å²) < 4.78 is 6.17. The van der Waals surface area contributed by atoms with Crippen LogP contribution in [0.25, 0.3) is 22.4 Å². The minimum Gasteiger partial charge on any atom is -0.478 e. The Kier molecular flexibility index (Phi) is 14.9. The number of hydrogen-bond donors (Lipinski definition) is 5. The molecule has 1 heterocycles. The molecule has 1 atom stereocenters. The fraction of sp³-hybridized carbons (Fsp3) is 0.359. The van der Waals surface area contributed by atoms with E-state index in [0.29, 0.717) is 49.1 Å². The summed E-state index contributed by atoms with van der Waals surface area (Å²) in [5, 5.41) is 9.16. The van der Waals surface area contributed by atoms with Crippen LogP contribution in [0.4, 0.5) is 0 Å². The maximum atomic E-state index is 12.9. The van der Waals surface area contributed by atoms with Gasteiger partial charge in [0.1, 0.15) is 0 Å². The molecule has 0 spiro atoms. The first-order valence-corrected chi connectivity index (χ1v) is 17.9. The van der Waals surface area contributed by atoms with Crippen LogP contribution in [0.5, 0.6) is 5.88 Å². The lowest BCUT2D eigenvalue weighted by atomic mass is 9.87. The molecule has 0 saturated carbocycles. The van der Waals surface area contributed by atoms with Crippen LogP contribution >= 0.6 is 25.3 Å². The molecule has 2 amide bonds. The number of benzene rings is 3. The maximum Gasteiger partial charge on any atom is 0.251 e. The van der Waals surface area contributed by atoms with E-state index in [1.54, 1.807) is 0 Å². The summed E-state index contributed by atoms with van der Waals surface area (Å²) in [4.78, 5) is 29.6. The van der Waals surface area contributed by atoms with Crippen molar-refractivity contribution in [2.75, 3.05) is 37.7 Å². The predicted octanol–water partition coefficient (Wildman–Crippen LogP) is 6.90. The molecule has 4 rings (SSSR count). The Labute approximate surface area is 296 Å². The maximum absolute atomic E-state index is 12.9. The van der Waals surface area contributed by atoms with Gasteiger partial charge in [-0.05, 0) is 66.0 Å². The lowest BCUT2D eigenvalue weighted by Crippen LogP contribution is -2.41. The summed E-state index contributed by atoms with van der Waals surface area (Å²) in [7, 11) is 0. The Hall–Kier alpha value is -3.79. The van der Waals surface area contributed by atoms with E-state index >= 15 is 0 Å². The average molecular weight is 685 g/mol. The highest BCUT2D eigenvalue weighted by Crippen LogP contribution is 2.29. The monoisotopic (exact) mass is 684 g/mol. The van der Waals surface area contributed by atoms with Crippen molar-refractivity contribution in [3.63, 3.8) is 0 Å². The summed E-state index contributed by atoms with van der Waals surface area (Å²) in [5.74, 6) is 1.68. The number of hydrogen-bond acceptors (Lipinski definition) is 7. The van der Waals surface area contributed by atoms with Gasteiger partial charge in [0.25, 0.3) is 5.91 Å². The standard InChI is InChI=1S/C39H48N4O3S2/c1-39(2,28-42-38(45)32-17-15-29(16-18-32)23-34(27-48)41-26-36(44)40-20-22-47)19-9-10-21-46-37-25-33(30-11-5-3-6-12-30)24-35(43-37)31-13-7-4-8-14-31/h3-8,11-18,24-25,34,41,47-48H,9-10,19-23,26-28H2,1-2H3,(H,40,44)(H,42,45). The molecule has 48 heavy (non-hydrogen) atoms. The number of rotatable bonds is 19. The van der Waals surface area contributed by atoms with Gasteiger partial charge in [-0.15, -0.1) is 0 Å². The SMILES string of the molecule is CC(C)(CCCCOc1cc(-c2ccccc2)cc(-c2ccccc2)n1)CNC(=O)c1ccc(CC(CS)NCC(=O)NCCS)cc1. The van der Waals surface area contributed by atoms with Crippen molar-refractivity contribution in [2.45, 2.75) is 45.6 Å². The van der Waals surface area contributed by atoms with Crippen LogP contribution in [0.1, 0.15) is 49.0 Å². The number of aromatic nitrogens is 1. The van der Waals surface area contributed by atoms with Crippen molar-refractivity contribution in [1.29, 1.82) is 0 Å². The number of pyridine rings is 1. The van der Waals surface area contributed by atoms with E-state index in [1.165, 1.54) is 0 Å². The molecule has 0 aliphatic rings. The molecule has 1 unspecified atom stereocenters. The van der Waals surface area contributed by atoms with E-state index in [0.717, 1.165) is 47.2 Å². The number of ether oxygens (including phenoxy) is 1. The molecule has 0 bridgehead atoms. The molecule has 0 aliphatic heterocycles. The molecule has 3 aromatic carbocycles. The van der Waals surface area contributed by atoms with Crippen molar-refractivity contribution < 1.29 is 14.3 Å². The quantitative estimate of drug-likeness (QED) is 0.0548. The zero-order valence-electron chi connectivity index (χ0n) is 28.0. The molecule has 0 fully saturated rings. The van der Waals surface area contributed by atoms with Gasteiger partial charge in [-0.3, -0.25) is 9.59 Å². The summed E-state index contributed by atoms with van der Waals surface area (Å²) in [6.07, 6.45) is 3.52. The number of thiol groups is 2. The Morgan fingerprint density at radius 1 is 0.833 bits per heavy atom. The van der Waals surface area contributed by atoms with Crippen LogP contribution in [0.3, 0.4) is 0 Å². The predicted molar refractivity (Wildman–Crippen MR) is 203 cm³/mol. The highest BCUT2D eigenvalue weighted by Gasteiger charge is 2.19. The van der Waals surface area contributed by atoms with Gasteiger partial charge in [0, 0.05) is 47.8 Å². The fourth-order valence-corrected chi connectivity index (χ4v) is 5.67. The molecular formula is C39H48N4O3S2. The van der Waals surface area contributed by atoms with Crippen LogP contribution in [0.2, 0.25) is 0 Å². The van der Waals surface area contributed by atoms with E-state index in [2.05, 4.69) is 85.4 Å². The van der Waals surface area contributed by atoms with E-state index < -0.39 is 0 Å². The van der Waals surface area contributed by atoms with E-state index in [1.807, 2.05) is 66.7 Å². The van der Waals surface area contributed by atoms with Crippen LogP contribution in [0, 0.1) is 5.41 Å². The first-order valence-electron chi connectivity index (χ1n) is 16.6. The van der Waals surface area contributed by atoms with Gasteiger partial charge in [-0.1, -0.05) is 86.6 Å². The first kappa shape index (κ1) is 37.0. The minimum absolute atomic E-state index is 0.0449. The summed E-state index contributed by atoms with van der Waals surface area (Å²) in [6, 6.07) is 32.3. The van der Waals surface area contributed by atoms with E-state index in [9.17, 15) is 9.59 Å². The minimum atomic E-state index is -0.0821. The highest BCUT2D eigenvalue weighted by atomic mass is 32.1. The Morgan fingerprint density at radius 3 is 2.19 bits per heavy atom. The van der Waals surface area contributed by atoms with Gasteiger partial charge in [0.2, 0.25) is 11.8 Å². The normalized spacial score (nSPS) is 11.9. The summed E-state index contributed by atoms with van der Waals surface area (Å²) in [5.41, 5.74) is 5.79. The molecule has 254 valence electrons. The van der Waals surface area contributed by atoms with Crippen molar-refractivity contribution >= 4 is 37.1 Å². The van der Waals surface area contributed by atoms with Gasteiger partial charge in [-0.25, -0.2) is 4.98 Å². The van der Waals surface area contributed by atoms with Crippen molar-refractivity contribution in [2.24, 2.45) is 5.41 Å². The largest absolute Gasteiger partial charge is 0.478 e. The first-order chi connectivity index (χ1) is 23.3. The van der Waals surface area contributed by atoms with Gasteiger partial charge < -0.3 is 20.7 Å². The third-order valence-corrected chi connectivity index (χ3v) is 8.77. The number of unbranched alkanes of at least 4 members (excludes halogenated alkanes) is 1. The lowest BCUT2D eigenvalue weighted by molar-refractivity contribution is -0.120. The summed E-state index contributed by atoms with van der Waals surface area (Å²) in [6.45, 7) is 6.29. The van der Waals surface area contributed by atoms with Gasteiger partial charge >= 0.3 is 0 Å². The van der Waals surface area contributed by atoms with Crippen LogP contribution < -0.4 is 20.7 Å². The lowest BCUT2D eigenvalue weighted by Gasteiger charge is -2.25. The Bertz CT molecular complexity index is 1510. The Morgan fingerprint density at radius 2 is 1.52 bits per heavy atom. The van der Waals surface area contributed by atoms with Gasteiger partial charge in [-0.2, -0.15) is 25.3 Å². The van der Waals surface area contributed by atoms with Crippen molar-refractivity contribution in [1.82, 2.24) is 20.9 Å². The topological polar surface area (TPSA) is 92.3 Å². The zero-order chi connectivity index (χ0) is 34.2. The molecule has 3 N–H and O–H groups in total. The molecule has 0 aliphatic carbocycles. The third kappa shape index (κ3) is 12.3. The number of nitrogens with one attached hydrogen (secondary N) is 3. The third-order valence-electron chi connectivity index (χ3n) is 8.11. The van der Waals surface area contributed by atoms with Gasteiger partial charge in [0.05, 0.1) is 18.8 Å². The number of carbonyl (C=O) groups is 2. The smallest absolute Gasteiger partial charge is 0.251 e. The van der Waals surface area contributed by atoms with Crippen LogP contribution in [-0.2, 0) is 11.2 Å². The second kappa shape index (κ2) is 19.3. The second-order valence-corrected chi connectivity index (χ2v) is 13.5. The Balaban J connectivity index is 1.21. The highest BCUT2D eigenvalue weighted by molar-refractivity contribution is 7.80. The van der Waals surface area contributed by atoms with Crippen LogP contribution in [0.15, 0.2) is 97.1 Å². The molecule has 4 aromatic rings. The molecule has 9 heteroatoms. The molecular weight excluding hydrogens is 637 g/mol. The van der Waals surface area contributed by atoms with Crippen molar-refractivity contribution in [3.05, 3.63) is 108 Å². The number of nitrogens with zero attached hydrogens (tertiary/aromatic N) is 1. The molecule has 0 radical (unpaired) electrons. The van der Waals surface area contributed by atoms with E-state index in [4.69, 9.17) is 9.72 Å². The number of amides is 2. The second-order valence-electron chi connectivity index (χ2n) is 12.7. The van der Waals surface area contributed by atoms with E-state index in [-0.39, 0.29) is 29.8 Å². The molecule has 0 saturated heterocycles. The zero-order valence-corrected chi connectivity index (χ0v) is 29.7.